The SMILES string of the molecule is C=CCOc1nc(OCC=C)nc(OCC2CN(C(=O)CSc3ncccn3)CCO2)n1. The van der Waals surface area contributed by atoms with Crippen LogP contribution < -0.4 is 14.2 Å². The first-order chi connectivity index (χ1) is 15.7. The Morgan fingerprint density at radius 2 is 1.72 bits per heavy atom. The molecule has 0 aliphatic carbocycles. The molecular formula is C20H24N6O5S. The molecule has 32 heavy (non-hydrogen) atoms. The normalized spacial score (nSPS) is 15.6. The van der Waals surface area contributed by atoms with E-state index in [0.717, 1.165) is 0 Å². The molecule has 3 heterocycles. The second-order valence-electron chi connectivity index (χ2n) is 6.35. The van der Waals surface area contributed by atoms with E-state index in [0.29, 0.717) is 24.9 Å². The topological polar surface area (TPSA) is 122 Å². The third-order valence-electron chi connectivity index (χ3n) is 3.99. The zero-order chi connectivity index (χ0) is 22.6. The fraction of sp³-hybridized carbons (Fsp3) is 0.400. The van der Waals surface area contributed by atoms with Crippen molar-refractivity contribution in [3.8, 4) is 18.0 Å². The van der Waals surface area contributed by atoms with Gasteiger partial charge in [0.1, 0.15) is 25.9 Å². The van der Waals surface area contributed by atoms with Crippen molar-refractivity contribution in [3.63, 3.8) is 0 Å². The smallest absolute Gasteiger partial charge is 0.326 e. The van der Waals surface area contributed by atoms with Crippen molar-refractivity contribution in [1.29, 1.82) is 0 Å². The summed E-state index contributed by atoms with van der Waals surface area (Å²) in [4.78, 5) is 34.8. The molecule has 0 bridgehead atoms. The molecule has 1 amide bonds. The van der Waals surface area contributed by atoms with E-state index in [-0.39, 0.29) is 55.6 Å². The third kappa shape index (κ3) is 7.46. The van der Waals surface area contributed by atoms with E-state index in [9.17, 15) is 4.79 Å². The Morgan fingerprint density at radius 1 is 1.09 bits per heavy atom. The van der Waals surface area contributed by atoms with Gasteiger partial charge in [-0.3, -0.25) is 4.79 Å². The lowest BCUT2D eigenvalue weighted by atomic mass is 10.3. The fourth-order valence-corrected chi connectivity index (χ4v) is 3.28. The van der Waals surface area contributed by atoms with Gasteiger partial charge in [0.25, 0.3) is 0 Å². The van der Waals surface area contributed by atoms with Crippen molar-refractivity contribution in [3.05, 3.63) is 43.8 Å². The number of carbonyl (C=O) groups excluding carboxylic acids is 1. The summed E-state index contributed by atoms with van der Waals surface area (Å²) in [5.74, 6) is 0.232. The van der Waals surface area contributed by atoms with Crippen LogP contribution in [0.3, 0.4) is 0 Å². The van der Waals surface area contributed by atoms with E-state index >= 15 is 0 Å². The number of rotatable bonds is 12. The predicted molar refractivity (Wildman–Crippen MR) is 116 cm³/mol. The second kappa shape index (κ2) is 12.6. The number of morpholine rings is 1. The maximum absolute atomic E-state index is 12.6. The van der Waals surface area contributed by atoms with E-state index in [1.165, 1.54) is 11.8 Å². The van der Waals surface area contributed by atoms with Gasteiger partial charge in [0.05, 0.1) is 18.9 Å². The summed E-state index contributed by atoms with van der Waals surface area (Å²) in [6.45, 7) is 9.07. The van der Waals surface area contributed by atoms with Crippen molar-refractivity contribution in [2.75, 3.05) is 45.3 Å². The fourth-order valence-electron chi connectivity index (χ4n) is 2.57. The second-order valence-corrected chi connectivity index (χ2v) is 7.29. The first-order valence-electron chi connectivity index (χ1n) is 9.83. The Balaban J connectivity index is 1.53. The number of aromatic nitrogens is 5. The minimum Gasteiger partial charge on any atom is -0.460 e. The molecule has 12 heteroatoms. The van der Waals surface area contributed by atoms with Gasteiger partial charge in [-0.05, 0) is 6.07 Å². The van der Waals surface area contributed by atoms with Gasteiger partial charge >= 0.3 is 18.0 Å². The Bertz CT molecular complexity index is 873. The summed E-state index contributed by atoms with van der Waals surface area (Å²) < 4.78 is 22.1. The lowest BCUT2D eigenvalue weighted by Gasteiger charge is -2.32. The molecule has 2 aromatic rings. The van der Waals surface area contributed by atoms with Crippen LogP contribution in [0.25, 0.3) is 0 Å². The monoisotopic (exact) mass is 460 g/mol. The molecule has 1 saturated heterocycles. The average Bonchev–Trinajstić information content (AvgIpc) is 2.84. The summed E-state index contributed by atoms with van der Waals surface area (Å²) >= 11 is 1.30. The molecular weight excluding hydrogens is 436 g/mol. The van der Waals surface area contributed by atoms with E-state index in [1.807, 2.05) is 0 Å². The summed E-state index contributed by atoms with van der Waals surface area (Å²) in [6.07, 6.45) is 6.09. The van der Waals surface area contributed by atoms with Crippen molar-refractivity contribution < 1.29 is 23.7 Å². The molecule has 1 aliphatic rings. The average molecular weight is 461 g/mol. The molecule has 2 aromatic heterocycles. The molecule has 0 N–H and O–H groups in total. The molecule has 1 fully saturated rings. The molecule has 0 saturated carbocycles. The van der Waals surface area contributed by atoms with Crippen LogP contribution in [0.5, 0.6) is 18.0 Å². The van der Waals surface area contributed by atoms with Crippen LogP contribution in [-0.4, -0.2) is 87.1 Å². The van der Waals surface area contributed by atoms with Gasteiger partial charge in [0.15, 0.2) is 5.16 Å². The van der Waals surface area contributed by atoms with Gasteiger partial charge in [-0.1, -0.05) is 37.1 Å². The van der Waals surface area contributed by atoms with E-state index < -0.39 is 0 Å². The molecule has 0 radical (unpaired) electrons. The van der Waals surface area contributed by atoms with Crippen molar-refractivity contribution >= 4 is 17.7 Å². The Hall–Kier alpha value is -3.25. The van der Waals surface area contributed by atoms with Gasteiger partial charge in [-0.15, -0.1) is 15.0 Å². The van der Waals surface area contributed by atoms with Crippen LogP contribution in [0.4, 0.5) is 0 Å². The van der Waals surface area contributed by atoms with Gasteiger partial charge in [-0.2, -0.15) is 0 Å². The number of hydrogen-bond acceptors (Lipinski definition) is 11. The number of nitrogens with zero attached hydrogens (tertiary/aromatic N) is 6. The lowest BCUT2D eigenvalue weighted by Crippen LogP contribution is -2.48. The number of carbonyl (C=O) groups is 1. The maximum atomic E-state index is 12.6. The number of amides is 1. The lowest BCUT2D eigenvalue weighted by molar-refractivity contribution is -0.137. The van der Waals surface area contributed by atoms with E-state index in [1.54, 1.807) is 35.5 Å². The van der Waals surface area contributed by atoms with Crippen molar-refractivity contribution in [2.45, 2.75) is 11.3 Å². The van der Waals surface area contributed by atoms with Crippen LogP contribution in [0, 0.1) is 0 Å². The highest BCUT2D eigenvalue weighted by molar-refractivity contribution is 7.99. The Kier molecular flexibility index (Phi) is 9.20. The zero-order valence-electron chi connectivity index (χ0n) is 17.5. The van der Waals surface area contributed by atoms with Crippen molar-refractivity contribution in [2.24, 2.45) is 0 Å². The molecule has 11 nitrogen and oxygen atoms in total. The summed E-state index contributed by atoms with van der Waals surface area (Å²) in [6, 6.07) is 1.86. The standard InChI is InChI=1S/C20H24N6O5S/c1-3-9-29-17-23-18(30-10-4-2)25-19(24-17)31-13-15-12-26(8-11-28-15)16(27)14-32-20-21-6-5-7-22-20/h3-7,15H,1-2,8-14H2. The van der Waals surface area contributed by atoms with E-state index in [2.05, 4.69) is 38.1 Å². The molecule has 1 aliphatic heterocycles. The maximum Gasteiger partial charge on any atom is 0.326 e. The van der Waals surface area contributed by atoms with Gasteiger partial charge in [0, 0.05) is 18.9 Å². The molecule has 0 aromatic carbocycles. The minimum absolute atomic E-state index is 0.0175. The van der Waals surface area contributed by atoms with Gasteiger partial charge < -0.3 is 23.8 Å². The molecule has 0 spiro atoms. The summed E-state index contributed by atoms with van der Waals surface area (Å²) in [7, 11) is 0. The molecule has 3 rings (SSSR count). The first-order valence-corrected chi connectivity index (χ1v) is 10.8. The molecule has 170 valence electrons. The minimum atomic E-state index is -0.336. The Labute approximate surface area is 189 Å². The molecule has 1 atom stereocenters. The zero-order valence-corrected chi connectivity index (χ0v) is 18.3. The van der Waals surface area contributed by atoms with Gasteiger partial charge in [-0.25, -0.2) is 9.97 Å². The first kappa shape index (κ1) is 23.4. The van der Waals surface area contributed by atoms with Crippen LogP contribution >= 0.6 is 11.8 Å². The van der Waals surface area contributed by atoms with Crippen LogP contribution in [0.15, 0.2) is 48.9 Å². The van der Waals surface area contributed by atoms with Crippen molar-refractivity contribution in [1.82, 2.24) is 29.8 Å². The number of ether oxygens (including phenoxy) is 4. The highest BCUT2D eigenvalue weighted by Gasteiger charge is 2.25. The third-order valence-corrected chi connectivity index (χ3v) is 4.85. The predicted octanol–water partition coefficient (Wildman–Crippen LogP) is 1.19. The highest BCUT2D eigenvalue weighted by Crippen LogP contribution is 2.17. The van der Waals surface area contributed by atoms with Gasteiger partial charge in [0.2, 0.25) is 5.91 Å². The van der Waals surface area contributed by atoms with Crippen LogP contribution in [0.1, 0.15) is 0 Å². The molecule has 1 unspecified atom stereocenters. The Morgan fingerprint density at radius 3 is 2.34 bits per heavy atom. The quantitative estimate of drug-likeness (QED) is 0.258. The van der Waals surface area contributed by atoms with E-state index in [4.69, 9.17) is 18.9 Å². The number of hydrogen-bond donors (Lipinski definition) is 0. The van der Waals surface area contributed by atoms with Crippen LogP contribution in [-0.2, 0) is 9.53 Å². The largest absolute Gasteiger partial charge is 0.460 e. The summed E-state index contributed by atoms with van der Waals surface area (Å²) in [5, 5.41) is 0.563. The van der Waals surface area contributed by atoms with Crippen LogP contribution in [0.2, 0.25) is 0 Å². The number of thioether (sulfide) groups is 1. The highest BCUT2D eigenvalue weighted by atomic mass is 32.2. The summed E-state index contributed by atoms with van der Waals surface area (Å²) in [5.41, 5.74) is 0.